The van der Waals surface area contributed by atoms with E-state index in [1.807, 2.05) is 60.7 Å². The van der Waals surface area contributed by atoms with Crippen molar-refractivity contribution >= 4 is 23.2 Å². The van der Waals surface area contributed by atoms with E-state index in [0.29, 0.717) is 23.9 Å². The summed E-state index contributed by atoms with van der Waals surface area (Å²) in [5, 5.41) is 15.1. The zero-order chi connectivity index (χ0) is 20.5. The molecule has 0 spiro atoms. The number of carbonyl (C=O) groups excluding carboxylic acids is 1. The molecule has 0 saturated carbocycles. The van der Waals surface area contributed by atoms with Crippen LogP contribution in [-0.4, -0.2) is 30.7 Å². The SMILES string of the molecule is O=C(CNCCO)Nc1cc(Cl)ccc1-c1cccc(OCc2ccccc2)c1. The third kappa shape index (κ3) is 6.32. The number of hydrogen-bond acceptors (Lipinski definition) is 4. The quantitative estimate of drug-likeness (QED) is 0.464. The Labute approximate surface area is 175 Å². The van der Waals surface area contributed by atoms with Gasteiger partial charge in [0.25, 0.3) is 0 Å². The van der Waals surface area contributed by atoms with E-state index < -0.39 is 0 Å². The number of hydrogen-bond donors (Lipinski definition) is 3. The third-order valence-electron chi connectivity index (χ3n) is 4.22. The number of aliphatic hydroxyl groups excluding tert-OH is 1. The van der Waals surface area contributed by atoms with Crippen molar-refractivity contribution in [3.8, 4) is 16.9 Å². The molecule has 1 amide bonds. The molecule has 0 aliphatic rings. The second kappa shape index (κ2) is 10.6. The van der Waals surface area contributed by atoms with Crippen LogP contribution >= 0.6 is 11.6 Å². The molecule has 3 N–H and O–H groups in total. The average molecular weight is 411 g/mol. The molecule has 0 radical (unpaired) electrons. The van der Waals surface area contributed by atoms with Crippen molar-refractivity contribution in [3.63, 3.8) is 0 Å². The number of nitrogens with one attached hydrogen (secondary N) is 2. The van der Waals surface area contributed by atoms with Gasteiger partial charge in [-0.1, -0.05) is 60.1 Å². The van der Waals surface area contributed by atoms with E-state index in [1.165, 1.54) is 0 Å². The van der Waals surface area contributed by atoms with Gasteiger partial charge in [0.1, 0.15) is 12.4 Å². The molecule has 150 valence electrons. The predicted octanol–water partition coefficient (Wildman–Crippen LogP) is 4.11. The van der Waals surface area contributed by atoms with Crippen LogP contribution in [0.5, 0.6) is 5.75 Å². The van der Waals surface area contributed by atoms with E-state index in [-0.39, 0.29) is 19.1 Å². The summed E-state index contributed by atoms with van der Waals surface area (Å²) in [6, 6.07) is 23.0. The monoisotopic (exact) mass is 410 g/mol. The van der Waals surface area contributed by atoms with Crippen LogP contribution in [0.15, 0.2) is 72.8 Å². The summed E-state index contributed by atoms with van der Waals surface area (Å²) in [7, 11) is 0. The topological polar surface area (TPSA) is 70.6 Å². The van der Waals surface area contributed by atoms with Crippen molar-refractivity contribution in [2.24, 2.45) is 0 Å². The molecule has 0 aliphatic heterocycles. The van der Waals surface area contributed by atoms with Crippen molar-refractivity contribution in [2.75, 3.05) is 25.0 Å². The standard InChI is InChI=1S/C23H23ClN2O3/c24-19-9-10-21(22(14-19)26-23(28)15-25-11-12-27)18-7-4-8-20(13-18)29-16-17-5-2-1-3-6-17/h1-10,13-14,25,27H,11-12,15-16H2,(H,26,28). The molecule has 0 saturated heterocycles. The van der Waals surface area contributed by atoms with Gasteiger partial charge in [-0.05, 0) is 35.4 Å². The van der Waals surface area contributed by atoms with Crippen molar-refractivity contribution in [1.82, 2.24) is 5.32 Å². The normalized spacial score (nSPS) is 10.6. The number of carbonyl (C=O) groups is 1. The lowest BCUT2D eigenvalue weighted by molar-refractivity contribution is -0.115. The van der Waals surface area contributed by atoms with Gasteiger partial charge < -0.3 is 20.5 Å². The molecule has 3 aromatic carbocycles. The minimum absolute atomic E-state index is 0.0224. The molecule has 0 bridgehead atoms. The lowest BCUT2D eigenvalue weighted by atomic mass is 10.0. The molecule has 6 heteroatoms. The molecule has 0 aliphatic carbocycles. The maximum atomic E-state index is 12.2. The highest BCUT2D eigenvalue weighted by Crippen LogP contribution is 2.32. The summed E-state index contributed by atoms with van der Waals surface area (Å²) in [5.41, 5.74) is 3.46. The molecule has 0 fully saturated rings. The number of amides is 1. The Kier molecular flexibility index (Phi) is 7.64. The van der Waals surface area contributed by atoms with E-state index in [9.17, 15) is 4.79 Å². The van der Waals surface area contributed by atoms with Crippen molar-refractivity contribution < 1.29 is 14.6 Å². The molecule has 0 heterocycles. The maximum Gasteiger partial charge on any atom is 0.238 e. The summed E-state index contributed by atoms with van der Waals surface area (Å²) < 4.78 is 5.92. The summed E-state index contributed by atoms with van der Waals surface area (Å²) in [6.07, 6.45) is 0. The van der Waals surface area contributed by atoms with E-state index in [0.717, 1.165) is 22.4 Å². The molecule has 0 unspecified atom stereocenters. The van der Waals surface area contributed by atoms with Crippen LogP contribution in [0, 0.1) is 0 Å². The number of benzene rings is 3. The Morgan fingerprint density at radius 1 is 1.00 bits per heavy atom. The smallest absolute Gasteiger partial charge is 0.238 e. The van der Waals surface area contributed by atoms with E-state index in [1.54, 1.807) is 12.1 Å². The van der Waals surface area contributed by atoms with Crippen LogP contribution in [0.25, 0.3) is 11.1 Å². The first-order valence-electron chi connectivity index (χ1n) is 9.34. The van der Waals surface area contributed by atoms with E-state index >= 15 is 0 Å². The van der Waals surface area contributed by atoms with Gasteiger partial charge in [0.05, 0.1) is 18.8 Å². The predicted molar refractivity (Wildman–Crippen MR) is 116 cm³/mol. The molecule has 3 aromatic rings. The first kappa shape index (κ1) is 20.9. The fraction of sp³-hybridized carbons (Fsp3) is 0.174. The summed E-state index contributed by atoms with van der Waals surface area (Å²) in [5.74, 6) is 0.529. The van der Waals surface area contributed by atoms with Gasteiger partial charge in [-0.2, -0.15) is 0 Å². The molecule has 29 heavy (non-hydrogen) atoms. The maximum absolute atomic E-state index is 12.2. The van der Waals surface area contributed by atoms with E-state index in [4.69, 9.17) is 21.4 Å². The first-order valence-corrected chi connectivity index (χ1v) is 9.71. The van der Waals surface area contributed by atoms with Crippen molar-refractivity contribution in [3.05, 3.63) is 83.4 Å². The van der Waals surface area contributed by atoms with Crippen LogP contribution in [0.3, 0.4) is 0 Å². The highest BCUT2D eigenvalue weighted by Gasteiger charge is 2.10. The van der Waals surface area contributed by atoms with E-state index in [2.05, 4.69) is 10.6 Å². The fourth-order valence-corrected chi connectivity index (χ4v) is 3.01. The third-order valence-corrected chi connectivity index (χ3v) is 4.46. The minimum Gasteiger partial charge on any atom is -0.489 e. The number of ether oxygens (including phenoxy) is 1. The van der Waals surface area contributed by atoms with Crippen molar-refractivity contribution in [2.45, 2.75) is 6.61 Å². The Balaban J connectivity index is 1.76. The van der Waals surface area contributed by atoms with Gasteiger partial charge in [-0.25, -0.2) is 0 Å². The molecular formula is C23H23ClN2O3. The first-order chi connectivity index (χ1) is 14.2. The fourth-order valence-electron chi connectivity index (χ4n) is 2.84. The Morgan fingerprint density at radius 2 is 1.83 bits per heavy atom. The summed E-state index contributed by atoms with van der Waals surface area (Å²) in [6.45, 7) is 0.917. The molecule has 0 aromatic heterocycles. The number of anilines is 1. The minimum atomic E-state index is -0.210. The highest BCUT2D eigenvalue weighted by molar-refractivity contribution is 6.31. The van der Waals surface area contributed by atoms with Crippen molar-refractivity contribution in [1.29, 1.82) is 0 Å². The van der Waals surface area contributed by atoms with Gasteiger partial charge in [0, 0.05) is 17.1 Å². The lowest BCUT2D eigenvalue weighted by Crippen LogP contribution is -2.30. The van der Waals surface area contributed by atoms with Crippen LogP contribution in [0.2, 0.25) is 5.02 Å². The second-order valence-electron chi connectivity index (χ2n) is 6.44. The van der Waals surface area contributed by atoms with Crippen LogP contribution in [-0.2, 0) is 11.4 Å². The largest absolute Gasteiger partial charge is 0.489 e. The molecule has 5 nitrogen and oxygen atoms in total. The second-order valence-corrected chi connectivity index (χ2v) is 6.88. The molecule has 0 atom stereocenters. The summed E-state index contributed by atoms with van der Waals surface area (Å²) in [4.78, 5) is 12.2. The van der Waals surface area contributed by atoms with Gasteiger partial charge >= 0.3 is 0 Å². The van der Waals surface area contributed by atoms with Gasteiger partial charge in [-0.15, -0.1) is 0 Å². The molecule has 3 rings (SSSR count). The molecular weight excluding hydrogens is 388 g/mol. The van der Waals surface area contributed by atoms with Gasteiger partial charge in [-0.3, -0.25) is 4.79 Å². The van der Waals surface area contributed by atoms with Crippen LogP contribution < -0.4 is 15.4 Å². The lowest BCUT2D eigenvalue weighted by Gasteiger charge is -2.14. The van der Waals surface area contributed by atoms with Gasteiger partial charge in [0.2, 0.25) is 5.91 Å². The number of rotatable bonds is 9. The Hall–Kier alpha value is -2.86. The Morgan fingerprint density at radius 3 is 2.62 bits per heavy atom. The number of aliphatic hydroxyl groups is 1. The van der Waals surface area contributed by atoms with Crippen LogP contribution in [0.1, 0.15) is 5.56 Å². The highest BCUT2D eigenvalue weighted by atomic mass is 35.5. The average Bonchev–Trinajstić information content (AvgIpc) is 2.73. The van der Waals surface area contributed by atoms with Crippen LogP contribution in [0.4, 0.5) is 5.69 Å². The summed E-state index contributed by atoms with van der Waals surface area (Å²) >= 11 is 6.14. The number of halogens is 1. The Bertz CT molecular complexity index is 948. The zero-order valence-corrected chi connectivity index (χ0v) is 16.7. The van der Waals surface area contributed by atoms with Gasteiger partial charge in [0.15, 0.2) is 0 Å². The zero-order valence-electron chi connectivity index (χ0n) is 15.9.